The number of hydrogen-bond acceptors (Lipinski definition) is 3. The van der Waals surface area contributed by atoms with Crippen LogP contribution in [0.5, 0.6) is 5.75 Å². The van der Waals surface area contributed by atoms with E-state index in [4.69, 9.17) is 4.74 Å². The van der Waals surface area contributed by atoms with Crippen molar-refractivity contribution in [2.45, 2.75) is 31.7 Å². The van der Waals surface area contributed by atoms with E-state index in [2.05, 4.69) is 11.4 Å². The Labute approximate surface area is 137 Å². The number of Topliss-reactive ketones (excluding diaryl/α,β-unsaturated/α-hetero) is 1. The number of methoxy groups -OCH3 is 1. The fourth-order valence-electron chi connectivity index (χ4n) is 3.33. The minimum atomic E-state index is -0.0136. The number of benzene rings is 2. The van der Waals surface area contributed by atoms with Crippen LogP contribution in [0, 0.1) is 5.92 Å². The number of carbonyl (C=O) groups is 1. The molecule has 0 radical (unpaired) electrons. The highest BCUT2D eigenvalue weighted by atomic mass is 16.5. The molecule has 1 N–H and O–H groups in total. The Balaban J connectivity index is 1.93. The van der Waals surface area contributed by atoms with Gasteiger partial charge in [0.2, 0.25) is 0 Å². The van der Waals surface area contributed by atoms with Gasteiger partial charge >= 0.3 is 0 Å². The first kappa shape index (κ1) is 15.6. The third-order valence-corrected chi connectivity index (χ3v) is 4.55. The monoisotopic (exact) mass is 309 g/mol. The molecule has 0 aliphatic heterocycles. The van der Waals surface area contributed by atoms with E-state index in [1.165, 1.54) is 0 Å². The van der Waals surface area contributed by atoms with Crippen LogP contribution in [0.3, 0.4) is 0 Å². The minimum Gasteiger partial charge on any atom is -0.497 e. The number of carbonyl (C=O) groups excluding carboxylic acids is 1. The maximum absolute atomic E-state index is 12.5. The van der Waals surface area contributed by atoms with Crippen molar-refractivity contribution < 1.29 is 9.53 Å². The molecule has 23 heavy (non-hydrogen) atoms. The van der Waals surface area contributed by atoms with Gasteiger partial charge in [-0.3, -0.25) is 4.79 Å². The smallest absolute Gasteiger partial charge is 0.138 e. The van der Waals surface area contributed by atoms with Gasteiger partial charge in [0.1, 0.15) is 11.5 Å². The van der Waals surface area contributed by atoms with Gasteiger partial charge in [-0.25, -0.2) is 0 Å². The Kier molecular flexibility index (Phi) is 4.96. The van der Waals surface area contributed by atoms with Crippen LogP contribution >= 0.6 is 0 Å². The normalized spacial score (nSPS) is 19.2. The molecule has 2 atom stereocenters. The van der Waals surface area contributed by atoms with Gasteiger partial charge in [0.15, 0.2) is 0 Å². The van der Waals surface area contributed by atoms with E-state index in [1.54, 1.807) is 7.11 Å². The van der Waals surface area contributed by atoms with Crippen LogP contribution in [0.4, 0.5) is 5.69 Å². The lowest BCUT2D eigenvalue weighted by Gasteiger charge is -2.31. The van der Waals surface area contributed by atoms with Crippen LogP contribution < -0.4 is 10.1 Å². The maximum atomic E-state index is 12.5. The van der Waals surface area contributed by atoms with Crippen molar-refractivity contribution in [1.82, 2.24) is 0 Å². The summed E-state index contributed by atoms with van der Waals surface area (Å²) in [4.78, 5) is 12.5. The SMILES string of the molecule is COc1cccc(C(Nc2ccccc2)C2CCCCC2=O)c1. The molecule has 0 saturated heterocycles. The lowest BCUT2D eigenvalue weighted by Crippen LogP contribution is -2.30. The first-order valence-electron chi connectivity index (χ1n) is 8.26. The highest BCUT2D eigenvalue weighted by Gasteiger charge is 2.31. The molecule has 0 amide bonds. The molecule has 2 aromatic rings. The molecule has 0 bridgehead atoms. The number of hydrogen-bond donors (Lipinski definition) is 1. The number of nitrogens with one attached hydrogen (secondary N) is 1. The first-order chi connectivity index (χ1) is 11.3. The van der Waals surface area contributed by atoms with Crippen LogP contribution in [0.2, 0.25) is 0 Å². The lowest BCUT2D eigenvalue weighted by molar-refractivity contribution is -0.125. The molecule has 3 heteroatoms. The zero-order chi connectivity index (χ0) is 16.1. The summed E-state index contributed by atoms with van der Waals surface area (Å²) in [5.74, 6) is 1.22. The van der Waals surface area contributed by atoms with Crippen LogP contribution in [0.15, 0.2) is 54.6 Å². The maximum Gasteiger partial charge on any atom is 0.138 e. The first-order valence-corrected chi connectivity index (χ1v) is 8.26. The second-order valence-corrected chi connectivity index (χ2v) is 6.08. The highest BCUT2D eigenvalue weighted by Crippen LogP contribution is 2.35. The van der Waals surface area contributed by atoms with E-state index < -0.39 is 0 Å². The summed E-state index contributed by atoms with van der Waals surface area (Å²) in [6.07, 6.45) is 3.78. The standard InChI is InChI=1S/C20H23NO2/c1-23-17-11-7-8-15(14-17)20(18-12-5-6-13-19(18)22)21-16-9-3-2-4-10-16/h2-4,7-11,14,18,20-21H,5-6,12-13H2,1H3. The molecular weight excluding hydrogens is 286 g/mol. The predicted octanol–water partition coefficient (Wildman–Crippen LogP) is 4.61. The minimum absolute atomic E-state index is 0.0136. The average Bonchev–Trinajstić information content (AvgIpc) is 2.61. The third-order valence-electron chi connectivity index (χ3n) is 4.55. The van der Waals surface area contributed by atoms with Gasteiger partial charge in [-0.05, 0) is 42.7 Å². The summed E-state index contributed by atoms with van der Waals surface area (Å²) < 4.78 is 5.36. The number of anilines is 1. The molecule has 3 nitrogen and oxygen atoms in total. The van der Waals surface area contributed by atoms with Gasteiger partial charge in [-0.2, -0.15) is 0 Å². The Morgan fingerprint density at radius 2 is 1.91 bits per heavy atom. The summed E-state index contributed by atoms with van der Waals surface area (Å²) in [6.45, 7) is 0. The van der Waals surface area contributed by atoms with E-state index in [0.29, 0.717) is 12.2 Å². The molecular formula is C20H23NO2. The van der Waals surface area contributed by atoms with Gasteiger partial charge in [0.05, 0.1) is 13.2 Å². The summed E-state index contributed by atoms with van der Waals surface area (Å²) in [7, 11) is 1.67. The van der Waals surface area contributed by atoms with Crippen molar-refractivity contribution in [3.05, 3.63) is 60.2 Å². The molecule has 1 fully saturated rings. The number of para-hydroxylation sites is 1. The molecule has 1 saturated carbocycles. The van der Waals surface area contributed by atoms with Crippen LogP contribution in [0.1, 0.15) is 37.3 Å². The summed E-state index contributed by atoms with van der Waals surface area (Å²) in [5.41, 5.74) is 2.15. The molecule has 2 aromatic carbocycles. The van der Waals surface area contributed by atoms with Gasteiger partial charge in [0, 0.05) is 18.0 Å². The third kappa shape index (κ3) is 3.73. The average molecular weight is 309 g/mol. The van der Waals surface area contributed by atoms with E-state index in [1.807, 2.05) is 48.5 Å². The summed E-state index contributed by atoms with van der Waals surface area (Å²) in [5, 5.41) is 3.57. The zero-order valence-electron chi connectivity index (χ0n) is 13.5. The Bertz CT molecular complexity index is 654. The van der Waals surface area contributed by atoms with Crippen molar-refractivity contribution in [3.63, 3.8) is 0 Å². The van der Waals surface area contributed by atoms with Crippen LogP contribution in [-0.4, -0.2) is 12.9 Å². The predicted molar refractivity (Wildman–Crippen MR) is 92.8 cm³/mol. The number of ether oxygens (including phenoxy) is 1. The molecule has 0 aromatic heterocycles. The van der Waals surface area contributed by atoms with Gasteiger partial charge in [-0.1, -0.05) is 36.8 Å². The highest BCUT2D eigenvalue weighted by molar-refractivity contribution is 5.83. The topological polar surface area (TPSA) is 38.3 Å². The fraction of sp³-hybridized carbons (Fsp3) is 0.350. The van der Waals surface area contributed by atoms with Crippen molar-refractivity contribution in [2.24, 2.45) is 5.92 Å². The van der Waals surface area contributed by atoms with Gasteiger partial charge < -0.3 is 10.1 Å². The van der Waals surface area contributed by atoms with Gasteiger partial charge in [0.25, 0.3) is 0 Å². The van der Waals surface area contributed by atoms with Crippen molar-refractivity contribution in [2.75, 3.05) is 12.4 Å². The quantitative estimate of drug-likeness (QED) is 0.876. The molecule has 120 valence electrons. The molecule has 0 heterocycles. The van der Waals surface area contributed by atoms with E-state index in [0.717, 1.165) is 36.3 Å². The lowest BCUT2D eigenvalue weighted by atomic mass is 9.80. The van der Waals surface area contributed by atoms with Crippen LogP contribution in [0.25, 0.3) is 0 Å². The van der Waals surface area contributed by atoms with Crippen molar-refractivity contribution in [3.8, 4) is 5.75 Å². The second-order valence-electron chi connectivity index (χ2n) is 6.08. The molecule has 2 unspecified atom stereocenters. The summed E-state index contributed by atoms with van der Waals surface area (Å²) >= 11 is 0. The largest absolute Gasteiger partial charge is 0.497 e. The Morgan fingerprint density at radius 1 is 1.09 bits per heavy atom. The molecule has 3 rings (SSSR count). The molecule has 1 aliphatic rings. The summed E-state index contributed by atoms with van der Waals surface area (Å²) in [6, 6.07) is 18.1. The number of rotatable bonds is 5. The zero-order valence-corrected chi connectivity index (χ0v) is 13.5. The fourth-order valence-corrected chi connectivity index (χ4v) is 3.33. The van der Waals surface area contributed by atoms with Crippen LogP contribution in [-0.2, 0) is 4.79 Å². The van der Waals surface area contributed by atoms with Gasteiger partial charge in [-0.15, -0.1) is 0 Å². The Hall–Kier alpha value is -2.29. The molecule has 0 spiro atoms. The second kappa shape index (κ2) is 7.32. The van der Waals surface area contributed by atoms with E-state index >= 15 is 0 Å². The van der Waals surface area contributed by atoms with Crippen molar-refractivity contribution in [1.29, 1.82) is 0 Å². The Morgan fingerprint density at radius 3 is 2.65 bits per heavy atom. The van der Waals surface area contributed by atoms with Crippen molar-refractivity contribution >= 4 is 11.5 Å². The molecule has 1 aliphatic carbocycles. The van der Waals surface area contributed by atoms with E-state index in [9.17, 15) is 4.79 Å². The number of ketones is 1. The van der Waals surface area contributed by atoms with E-state index in [-0.39, 0.29) is 12.0 Å².